The minimum atomic E-state index is -0.00613. The maximum absolute atomic E-state index is 13.4. The number of aliphatic imine (C=N–C) groups is 1. The van der Waals surface area contributed by atoms with E-state index in [1.54, 1.807) is 23.8 Å². The van der Waals surface area contributed by atoms with Crippen LogP contribution in [0.15, 0.2) is 62.3 Å². The molecule has 1 fully saturated rings. The second-order valence-electron chi connectivity index (χ2n) is 6.89. The number of anilines is 1. The molecule has 0 atom stereocenters. The van der Waals surface area contributed by atoms with Crippen molar-refractivity contribution in [1.82, 2.24) is 4.90 Å². The van der Waals surface area contributed by atoms with Gasteiger partial charge in [-0.3, -0.25) is 9.69 Å². The first kappa shape index (κ1) is 21.2. The maximum Gasteiger partial charge on any atom is 0.269 e. The molecule has 0 radical (unpaired) electrons. The third kappa shape index (κ3) is 3.94. The molecule has 1 saturated heterocycles. The van der Waals surface area contributed by atoms with E-state index in [0.29, 0.717) is 27.3 Å². The number of halogens is 1. The molecule has 2 aromatic carbocycles. The van der Waals surface area contributed by atoms with Crippen LogP contribution < -0.4 is 9.64 Å². The molecular weight excluding hydrogens is 438 g/mol. The Morgan fingerprint density at radius 1 is 1.17 bits per heavy atom. The molecule has 0 aromatic heterocycles. The van der Waals surface area contributed by atoms with Gasteiger partial charge < -0.3 is 9.64 Å². The van der Waals surface area contributed by atoms with Crippen molar-refractivity contribution in [1.29, 1.82) is 0 Å². The number of ether oxygens (including phenoxy) is 1. The van der Waals surface area contributed by atoms with Gasteiger partial charge in [0.1, 0.15) is 10.7 Å². The summed E-state index contributed by atoms with van der Waals surface area (Å²) < 4.78 is 5.36. The van der Waals surface area contributed by atoms with Crippen LogP contribution in [0.5, 0.6) is 5.75 Å². The summed E-state index contributed by atoms with van der Waals surface area (Å²) in [6.07, 6.45) is 1.91. The summed E-state index contributed by atoms with van der Waals surface area (Å²) in [5, 5.41) is 2.16. The number of carbonyl (C=O) groups excluding carboxylic acids is 1. The summed E-state index contributed by atoms with van der Waals surface area (Å²) in [5.41, 5.74) is 1.70. The monoisotopic (exact) mass is 459 g/mol. The Labute approximate surface area is 190 Å². The molecule has 0 unspecified atom stereocenters. The summed E-state index contributed by atoms with van der Waals surface area (Å²) in [6, 6.07) is 13.4. The fourth-order valence-corrected chi connectivity index (χ4v) is 5.75. The van der Waals surface area contributed by atoms with Crippen LogP contribution in [-0.4, -0.2) is 36.7 Å². The van der Waals surface area contributed by atoms with E-state index >= 15 is 0 Å². The average molecular weight is 460 g/mol. The van der Waals surface area contributed by atoms with Crippen LogP contribution in [-0.2, 0) is 4.79 Å². The summed E-state index contributed by atoms with van der Waals surface area (Å²) >= 11 is 9.33. The Balaban J connectivity index is 1.73. The topological polar surface area (TPSA) is 45.1 Å². The van der Waals surface area contributed by atoms with Gasteiger partial charge in [-0.25, -0.2) is 4.99 Å². The summed E-state index contributed by atoms with van der Waals surface area (Å²) in [5.74, 6) is 0.789. The molecule has 30 heavy (non-hydrogen) atoms. The second kappa shape index (κ2) is 8.96. The van der Waals surface area contributed by atoms with Crippen LogP contribution in [0.2, 0.25) is 5.02 Å². The van der Waals surface area contributed by atoms with Gasteiger partial charge in [-0.05, 0) is 42.4 Å². The third-order valence-electron chi connectivity index (χ3n) is 4.90. The number of carbonyl (C=O) groups is 1. The minimum absolute atomic E-state index is 0.00613. The molecule has 5 nitrogen and oxygen atoms in total. The largest absolute Gasteiger partial charge is 0.497 e. The van der Waals surface area contributed by atoms with Crippen molar-refractivity contribution in [2.75, 3.05) is 25.6 Å². The molecule has 2 aliphatic heterocycles. The molecule has 156 valence electrons. The van der Waals surface area contributed by atoms with Crippen LogP contribution in [0.25, 0.3) is 0 Å². The van der Waals surface area contributed by atoms with Crippen LogP contribution in [0.4, 0.5) is 11.4 Å². The van der Waals surface area contributed by atoms with Gasteiger partial charge in [0, 0.05) is 24.6 Å². The lowest BCUT2D eigenvalue weighted by Gasteiger charge is -2.16. The molecule has 0 saturated carbocycles. The van der Waals surface area contributed by atoms with Crippen molar-refractivity contribution < 1.29 is 9.53 Å². The first-order valence-corrected chi connectivity index (χ1v) is 11.7. The fraction of sp³-hybridized carbons (Fsp3) is 0.273. The molecule has 4 rings (SSSR count). The lowest BCUT2D eigenvalue weighted by molar-refractivity contribution is -0.122. The van der Waals surface area contributed by atoms with E-state index in [-0.39, 0.29) is 5.91 Å². The number of thioether (sulfide) groups is 2. The predicted octanol–water partition coefficient (Wildman–Crippen LogP) is 6.12. The van der Waals surface area contributed by atoms with Crippen LogP contribution >= 0.6 is 35.1 Å². The van der Waals surface area contributed by atoms with E-state index in [1.165, 1.54) is 11.8 Å². The Morgan fingerprint density at radius 2 is 1.97 bits per heavy atom. The van der Waals surface area contributed by atoms with Gasteiger partial charge in [0.25, 0.3) is 5.91 Å². The molecule has 2 aliphatic rings. The van der Waals surface area contributed by atoms with Crippen molar-refractivity contribution in [3.05, 3.63) is 57.4 Å². The van der Waals surface area contributed by atoms with Crippen LogP contribution in [0.1, 0.15) is 19.8 Å². The lowest BCUT2D eigenvalue weighted by atomic mass is 10.3. The number of amidine groups is 1. The van der Waals surface area contributed by atoms with Gasteiger partial charge in [-0.1, -0.05) is 48.8 Å². The van der Waals surface area contributed by atoms with E-state index in [2.05, 4.69) is 11.8 Å². The number of fused-ring (bicyclic) bond motifs is 1. The first-order valence-electron chi connectivity index (χ1n) is 9.70. The van der Waals surface area contributed by atoms with Crippen LogP contribution in [0.3, 0.4) is 0 Å². The smallest absolute Gasteiger partial charge is 0.269 e. The Hall–Kier alpha value is -2.09. The molecule has 0 bridgehead atoms. The number of hydrogen-bond donors (Lipinski definition) is 0. The minimum Gasteiger partial charge on any atom is -0.497 e. The van der Waals surface area contributed by atoms with Crippen molar-refractivity contribution in [3.8, 4) is 5.75 Å². The van der Waals surface area contributed by atoms with Gasteiger partial charge in [0.05, 0.1) is 28.5 Å². The average Bonchev–Trinajstić information content (AvgIpc) is 3.24. The Morgan fingerprint density at radius 3 is 2.70 bits per heavy atom. The molecule has 0 aliphatic carbocycles. The maximum atomic E-state index is 13.4. The molecule has 8 heteroatoms. The summed E-state index contributed by atoms with van der Waals surface area (Å²) in [4.78, 5) is 23.7. The van der Waals surface area contributed by atoms with Crippen molar-refractivity contribution in [3.63, 3.8) is 0 Å². The SMILES string of the molecule is CCCCN1C(=O)/C(=C2/Sc3ccc(OC)cc3N2C)SC1=Nc1ccccc1Cl. The number of benzene rings is 2. The molecular formula is C22H22ClN3O2S2. The van der Waals surface area contributed by atoms with E-state index in [9.17, 15) is 4.79 Å². The normalized spacial score (nSPS) is 19.7. The second-order valence-corrected chi connectivity index (χ2v) is 9.30. The van der Waals surface area contributed by atoms with Crippen molar-refractivity contribution >= 4 is 57.6 Å². The van der Waals surface area contributed by atoms with Crippen molar-refractivity contribution in [2.45, 2.75) is 24.7 Å². The van der Waals surface area contributed by atoms with Gasteiger partial charge in [-0.15, -0.1) is 0 Å². The highest BCUT2D eigenvalue weighted by atomic mass is 35.5. The molecule has 0 spiro atoms. The van der Waals surface area contributed by atoms with E-state index < -0.39 is 0 Å². The van der Waals surface area contributed by atoms with E-state index in [1.807, 2.05) is 49.5 Å². The fourth-order valence-electron chi connectivity index (χ4n) is 3.23. The van der Waals surface area contributed by atoms with Gasteiger partial charge in [-0.2, -0.15) is 0 Å². The van der Waals surface area contributed by atoms with Crippen molar-refractivity contribution in [2.24, 2.45) is 4.99 Å². The number of methoxy groups -OCH3 is 1. The van der Waals surface area contributed by atoms with Crippen LogP contribution in [0, 0.1) is 0 Å². The number of hydrogen-bond acceptors (Lipinski definition) is 6. The molecule has 2 aromatic rings. The Kier molecular flexibility index (Phi) is 6.32. The zero-order chi connectivity index (χ0) is 21.3. The number of nitrogens with zero attached hydrogens (tertiary/aromatic N) is 3. The lowest BCUT2D eigenvalue weighted by Crippen LogP contribution is -2.30. The van der Waals surface area contributed by atoms with Gasteiger partial charge >= 0.3 is 0 Å². The highest BCUT2D eigenvalue weighted by molar-refractivity contribution is 8.19. The first-order chi connectivity index (χ1) is 14.5. The van der Waals surface area contributed by atoms with E-state index in [4.69, 9.17) is 21.3 Å². The summed E-state index contributed by atoms with van der Waals surface area (Å²) in [6.45, 7) is 2.75. The quantitative estimate of drug-likeness (QED) is 0.504. The number of unbranched alkanes of at least 4 members (excludes halogenated alkanes) is 1. The zero-order valence-electron chi connectivity index (χ0n) is 17.0. The van der Waals surface area contributed by atoms with E-state index in [0.717, 1.165) is 34.2 Å². The standard InChI is InChI=1S/C22H22ClN3O2S2/c1-4-5-12-26-20(27)19(30-22(26)24-16-9-7-6-8-15(16)23)21-25(2)17-13-14(28-3)10-11-18(17)29-21/h6-11,13H,4-5,12H2,1-3H3/b21-19-,24-22?. The number of rotatable bonds is 5. The Bertz CT molecular complexity index is 1050. The molecule has 0 N–H and O–H groups in total. The zero-order valence-corrected chi connectivity index (χ0v) is 19.4. The number of amides is 1. The number of para-hydroxylation sites is 1. The highest BCUT2D eigenvalue weighted by Gasteiger charge is 2.39. The molecule has 2 heterocycles. The highest BCUT2D eigenvalue weighted by Crippen LogP contribution is 2.51. The third-order valence-corrected chi connectivity index (χ3v) is 7.65. The predicted molar refractivity (Wildman–Crippen MR) is 127 cm³/mol. The van der Waals surface area contributed by atoms with Gasteiger partial charge in [0.2, 0.25) is 0 Å². The molecule has 1 amide bonds. The summed E-state index contributed by atoms with van der Waals surface area (Å²) in [7, 11) is 3.64. The van der Waals surface area contributed by atoms with Gasteiger partial charge in [0.15, 0.2) is 5.17 Å².